The Kier molecular flexibility index (Phi) is 33.8. The van der Waals surface area contributed by atoms with Gasteiger partial charge in [-0.15, -0.1) is 0 Å². The van der Waals surface area contributed by atoms with E-state index >= 15 is 0 Å². The summed E-state index contributed by atoms with van der Waals surface area (Å²) in [5.41, 5.74) is 0. The maximum Gasteiger partial charge on any atom is 1.00 e. The molecule has 25 heavy (non-hydrogen) atoms. The average Bonchev–Trinajstić information content (AvgIpc) is 2.57. The van der Waals surface area contributed by atoms with Crippen LogP contribution < -0.4 is 59.1 Å². The van der Waals surface area contributed by atoms with Crippen LogP contribution in [-0.4, -0.2) is 18.8 Å². The molecule has 1 N–H and O–H groups in total. The van der Waals surface area contributed by atoms with E-state index in [9.17, 15) is 4.79 Å². The van der Waals surface area contributed by atoms with Crippen LogP contribution >= 0.6 is 0 Å². The largest absolute Gasteiger partial charge is 1.00 e. The standard InChI is InChI=1S/C20H39NO2.2Na.2H/c1-2-3-4-5-6-7-8-9-10-11-12-13-14-15-16-17-18-23-20(22)19-21;;;;/h19,21H,2-18H2,1H3;;;;/q;2*+1;2*-1. The van der Waals surface area contributed by atoms with Crippen LogP contribution in [0.4, 0.5) is 0 Å². The monoisotopic (exact) mass is 373 g/mol. The summed E-state index contributed by atoms with van der Waals surface area (Å²) in [6.07, 6.45) is 22.2. The van der Waals surface area contributed by atoms with Crippen molar-refractivity contribution in [3.05, 3.63) is 0 Å². The van der Waals surface area contributed by atoms with Gasteiger partial charge in [-0.3, -0.25) is 0 Å². The maximum atomic E-state index is 10.7. The smallest absolute Gasteiger partial charge is 1.00 e. The summed E-state index contributed by atoms with van der Waals surface area (Å²) in [4.78, 5) is 10.7. The van der Waals surface area contributed by atoms with Crippen LogP contribution in [0.5, 0.6) is 0 Å². The zero-order valence-corrected chi connectivity index (χ0v) is 21.4. The van der Waals surface area contributed by atoms with E-state index in [4.69, 9.17) is 10.1 Å². The fourth-order valence-corrected chi connectivity index (χ4v) is 2.86. The van der Waals surface area contributed by atoms with Crippen molar-refractivity contribution in [3.8, 4) is 0 Å². The fraction of sp³-hybridized carbons (Fsp3) is 0.900. The van der Waals surface area contributed by atoms with Gasteiger partial charge in [0, 0.05) is 0 Å². The van der Waals surface area contributed by atoms with Crippen molar-refractivity contribution in [3.63, 3.8) is 0 Å². The molecule has 0 aromatic rings. The van der Waals surface area contributed by atoms with Gasteiger partial charge < -0.3 is 13.0 Å². The molecule has 0 aliphatic carbocycles. The van der Waals surface area contributed by atoms with Crippen LogP contribution in [0.15, 0.2) is 0 Å². The molecule has 0 bridgehead atoms. The van der Waals surface area contributed by atoms with Crippen molar-refractivity contribution in [2.24, 2.45) is 0 Å². The minimum Gasteiger partial charge on any atom is -1.00 e. The number of unbranched alkanes of at least 4 members (excludes halogenated alkanes) is 15. The first-order valence-electron chi connectivity index (χ1n) is 9.98. The molecular weight excluding hydrogens is 332 g/mol. The van der Waals surface area contributed by atoms with Gasteiger partial charge in [-0.05, 0) is 6.42 Å². The first-order chi connectivity index (χ1) is 11.3. The molecule has 0 saturated heterocycles. The van der Waals surface area contributed by atoms with Gasteiger partial charge in [0.25, 0.3) is 0 Å². The van der Waals surface area contributed by atoms with Crippen LogP contribution in [0.3, 0.4) is 0 Å². The third kappa shape index (κ3) is 27.5. The second kappa shape index (κ2) is 27.4. The topological polar surface area (TPSA) is 50.2 Å². The Hall–Kier alpha value is 1.14. The van der Waals surface area contributed by atoms with Gasteiger partial charge in [-0.1, -0.05) is 103 Å². The summed E-state index contributed by atoms with van der Waals surface area (Å²) in [7, 11) is 0. The summed E-state index contributed by atoms with van der Waals surface area (Å²) < 4.78 is 4.83. The van der Waals surface area contributed by atoms with Crippen molar-refractivity contribution in [2.45, 2.75) is 110 Å². The van der Waals surface area contributed by atoms with Gasteiger partial charge in [0.05, 0.1) is 6.61 Å². The molecule has 0 aliphatic heterocycles. The normalized spacial score (nSPS) is 9.80. The average molecular weight is 374 g/mol. The van der Waals surface area contributed by atoms with E-state index in [1.165, 1.54) is 89.9 Å². The predicted octanol–water partition coefficient (Wildman–Crippen LogP) is 0.674. The zero-order valence-electron chi connectivity index (χ0n) is 19.4. The van der Waals surface area contributed by atoms with Crippen LogP contribution in [-0.2, 0) is 9.53 Å². The molecule has 0 aromatic heterocycles. The quantitative estimate of drug-likeness (QED) is 0.166. The third-order valence-electron chi connectivity index (χ3n) is 4.36. The number of carbonyl (C=O) groups excluding carboxylic acids is 1. The molecule has 0 heterocycles. The number of carbonyl (C=O) groups is 1. The van der Waals surface area contributed by atoms with Crippen molar-refractivity contribution in [1.29, 1.82) is 5.41 Å². The van der Waals surface area contributed by atoms with Gasteiger partial charge in [0.2, 0.25) is 0 Å². The van der Waals surface area contributed by atoms with Crippen LogP contribution in [0.1, 0.15) is 113 Å². The van der Waals surface area contributed by atoms with E-state index in [1.807, 2.05) is 0 Å². The molecule has 140 valence electrons. The number of hydrogen-bond acceptors (Lipinski definition) is 3. The minimum absolute atomic E-state index is 0. The van der Waals surface area contributed by atoms with E-state index in [2.05, 4.69) is 6.92 Å². The SMILES string of the molecule is CCCCCCCCCCCCCCCCCCOC(=O)C=N.[H-].[H-].[Na+].[Na+]. The first kappa shape index (κ1) is 30.9. The molecule has 0 atom stereocenters. The molecule has 5 heteroatoms. The fourth-order valence-electron chi connectivity index (χ4n) is 2.86. The Bertz CT molecular complexity index is 287. The summed E-state index contributed by atoms with van der Waals surface area (Å²) in [5, 5.41) is 6.71. The summed E-state index contributed by atoms with van der Waals surface area (Å²) in [5.74, 6) is -0.522. The zero-order chi connectivity index (χ0) is 17.0. The number of hydrogen-bond donors (Lipinski definition) is 1. The number of esters is 1. The molecule has 0 aromatic carbocycles. The third-order valence-corrected chi connectivity index (χ3v) is 4.36. The van der Waals surface area contributed by atoms with Crippen molar-refractivity contribution in [2.75, 3.05) is 6.61 Å². The Labute approximate surface area is 203 Å². The maximum absolute atomic E-state index is 10.7. The first-order valence-corrected chi connectivity index (χ1v) is 9.98. The number of rotatable bonds is 18. The minimum atomic E-state index is -0.522. The molecular formula is C20H41NNa2O2. The molecule has 0 spiro atoms. The summed E-state index contributed by atoms with van der Waals surface area (Å²) in [6.45, 7) is 2.74. The Balaban J connectivity index is -0.000000403. The molecule has 0 saturated carbocycles. The van der Waals surface area contributed by atoms with E-state index in [0.29, 0.717) is 6.61 Å². The molecule has 0 unspecified atom stereocenters. The summed E-state index contributed by atoms with van der Waals surface area (Å²) >= 11 is 0. The molecule has 0 radical (unpaired) electrons. The Morgan fingerprint density at radius 3 is 1.36 bits per heavy atom. The van der Waals surface area contributed by atoms with E-state index < -0.39 is 5.97 Å². The van der Waals surface area contributed by atoms with E-state index in [-0.39, 0.29) is 62.0 Å². The molecule has 0 rings (SSSR count). The van der Waals surface area contributed by atoms with Gasteiger partial charge in [-0.2, -0.15) is 0 Å². The molecule has 0 aliphatic rings. The predicted molar refractivity (Wildman–Crippen MR) is 102 cm³/mol. The van der Waals surface area contributed by atoms with Gasteiger partial charge in [0.15, 0.2) is 0 Å². The Morgan fingerprint density at radius 1 is 0.720 bits per heavy atom. The van der Waals surface area contributed by atoms with Gasteiger partial charge in [0.1, 0.15) is 6.21 Å². The number of ether oxygens (including phenoxy) is 1. The van der Waals surface area contributed by atoms with Gasteiger partial charge >= 0.3 is 65.1 Å². The van der Waals surface area contributed by atoms with E-state index in [0.717, 1.165) is 19.1 Å². The second-order valence-corrected chi connectivity index (χ2v) is 6.62. The van der Waals surface area contributed by atoms with Gasteiger partial charge in [-0.25, -0.2) is 4.79 Å². The van der Waals surface area contributed by atoms with E-state index in [1.54, 1.807) is 0 Å². The molecule has 0 fully saturated rings. The van der Waals surface area contributed by atoms with Crippen LogP contribution in [0.2, 0.25) is 0 Å². The van der Waals surface area contributed by atoms with Crippen molar-refractivity contribution < 1.29 is 71.5 Å². The Morgan fingerprint density at radius 2 is 1.04 bits per heavy atom. The molecule has 0 amide bonds. The molecule has 3 nitrogen and oxygen atoms in total. The summed E-state index contributed by atoms with van der Waals surface area (Å²) in [6, 6.07) is 0. The number of nitrogens with one attached hydrogen (secondary N) is 1. The van der Waals surface area contributed by atoms with Crippen molar-refractivity contribution in [1.82, 2.24) is 0 Å². The second-order valence-electron chi connectivity index (χ2n) is 6.62. The van der Waals surface area contributed by atoms with Crippen LogP contribution in [0, 0.1) is 5.41 Å². The van der Waals surface area contributed by atoms with Crippen LogP contribution in [0.25, 0.3) is 0 Å². The van der Waals surface area contributed by atoms with Crippen molar-refractivity contribution >= 4 is 12.2 Å².